The van der Waals surface area contributed by atoms with Gasteiger partial charge in [0.05, 0.1) is 17.2 Å². The Kier molecular flexibility index (Phi) is 4.88. The van der Waals surface area contributed by atoms with Crippen LogP contribution < -0.4 is 5.73 Å². The lowest BCUT2D eigenvalue weighted by atomic mass is 9.57. The van der Waals surface area contributed by atoms with Crippen LogP contribution in [0.1, 0.15) is 27.9 Å². The summed E-state index contributed by atoms with van der Waals surface area (Å²) in [6.45, 7) is 0. The molecule has 0 saturated heterocycles. The number of likely N-dealkylation sites (N-methyl/N-ethyl adjacent to an activating group) is 1. The number of phenolic OH excluding ortho intramolecular Hbond substituents is 1. The van der Waals surface area contributed by atoms with Crippen molar-refractivity contribution >= 4 is 29.2 Å². The number of benzene rings is 1. The molecule has 0 heterocycles. The zero-order valence-corrected chi connectivity index (χ0v) is 17.7. The number of rotatable bonds is 3. The highest BCUT2D eigenvalue weighted by Gasteiger charge is 2.64. The largest absolute Gasteiger partial charge is 0.508 e. The number of phenols is 1. The standard InChI is InChI=1S/C22H22N2O9/c1-24(2)15-10-6-7-5-9-8(21(31)32)3-4-11(25)13(9)16(26)12(7)18(28)22(10,33)19(29)14(17(15)27)20(23)30/h3-4,7,10,15,25-26,29,33H,5-6H2,1-2H3,(H2,23,30)(H,31,32)/t7-,10-,15-,22-/m0/s1. The SMILES string of the molecule is CN(C)[C@@H]1C(=O)C(C(N)=O)=C(O)[C@@]2(O)C(=O)C3=C(O)c4c(O)ccc(C(=O)O)c4C[C@H]3C[C@@H]12. The van der Waals surface area contributed by atoms with Gasteiger partial charge in [0.15, 0.2) is 11.4 Å². The first-order valence-corrected chi connectivity index (χ1v) is 10.1. The van der Waals surface area contributed by atoms with E-state index in [1.807, 2.05) is 0 Å². The highest BCUT2D eigenvalue weighted by atomic mass is 16.4. The number of carbonyl (C=O) groups excluding carboxylic acids is 3. The maximum absolute atomic E-state index is 13.6. The summed E-state index contributed by atoms with van der Waals surface area (Å²) in [7, 11) is 2.99. The van der Waals surface area contributed by atoms with Gasteiger partial charge in [-0.1, -0.05) is 0 Å². The number of carbonyl (C=O) groups is 4. The van der Waals surface area contributed by atoms with Crippen molar-refractivity contribution in [2.75, 3.05) is 14.1 Å². The van der Waals surface area contributed by atoms with Crippen molar-refractivity contribution in [3.05, 3.63) is 45.7 Å². The summed E-state index contributed by atoms with van der Waals surface area (Å²) >= 11 is 0. The molecule has 0 aromatic heterocycles. The van der Waals surface area contributed by atoms with Gasteiger partial charge >= 0.3 is 5.97 Å². The van der Waals surface area contributed by atoms with E-state index in [1.165, 1.54) is 25.1 Å². The lowest BCUT2D eigenvalue weighted by Gasteiger charge is -2.50. The van der Waals surface area contributed by atoms with Crippen LogP contribution in [0.4, 0.5) is 0 Å². The van der Waals surface area contributed by atoms with Gasteiger partial charge in [-0.3, -0.25) is 19.3 Å². The molecule has 1 amide bonds. The Bertz CT molecular complexity index is 1210. The van der Waals surface area contributed by atoms with E-state index in [4.69, 9.17) is 5.73 Å². The molecule has 4 atom stereocenters. The summed E-state index contributed by atoms with van der Waals surface area (Å²) in [5, 5.41) is 52.9. The number of carboxylic acid groups (broad SMARTS) is 1. The molecule has 3 aliphatic rings. The van der Waals surface area contributed by atoms with Crippen molar-refractivity contribution in [2.45, 2.75) is 24.5 Å². The normalized spacial score (nSPS) is 29.0. The summed E-state index contributed by atoms with van der Waals surface area (Å²) in [5.74, 6) is -9.05. The molecule has 11 heteroatoms. The average molecular weight is 458 g/mol. The van der Waals surface area contributed by atoms with Crippen LogP contribution in [0.2, 0.25) is 0 Å². The van der Waals surface area contributed by atoms with Crippen LogP contribution in [0.15, 0.2) is 29.0 Å². The molecular formula is C22H22N2O9. The third-order valence-electron chi connectivity index (χ3n) is 6.83. The van der Waals surface area contributed by atoms with Crippen LogP contribution in [0.25, 0.3) is 5.76 Å². The van der Waals surface area contributed by atoms with Gasteiger partial charge in [-0.2, -0.15) is 0 Å². The second kappa shape index (κ2) is 7.15. The molecule has 3 aliphatic carbocycles. The van der Waals surface area contributed by atoms with Gasteiger partial charge in [-0.05, 0) is 50.6 Å². The van der Waals surface area contributed by atoms with Crippen molar-refractivity contribution in [3.63, 3.8) is 0 Å². The Morgan fingerprint density at radius 2 is 1.79 bits per heavy atom. The zero-order chi connectivity index (χ0) is 24.6. The van der Waals surface area contributed by atoms with Gasteiger partial charge in [0.2, 0.25) is 5.78 Å². The summed E-state index contributed by atoms with van der Waals surface area (Å²) in [6.07, 6.45) is -0.189. The highest BCUT2D eigenvalue weighted by Crippen LogP contribution is 2.52. The van der Waals surface area contributed by atoms with Crippen molar-refractivity contribution in [1.82, 2.24) is 4.90 Å². The third-order valence-corrected chi connectivity index (χ3v) is 6.83. The molecule has 0 radical (unpaired) electrons. The molecule has 0 spiro atoms. The predicted molar refractivity (Wildman–Crippen MR) is 111 cm³/mol. The lowest BCUT2D eigenvalue weighted by molar-refractivity contribution is -0.153. The Hall–Kier alpha value is -3.70. The first-order chi connectivity index (χ1) is 15.3. The lowest BCUT2D eigenvalue weighted by Crippen LogP contribution is -2.65. The molecule has 4 rings (SSSR count). The topological polar surface area (TPSA) is 199 Å². The fourth-order valence-electron chi connectivity index (χ4n) is 5.44. The first-order valence-electron chi connectivity index (χ1n) is 10.1. The average Bonchev–Trinajstić information content (AvgIpc) is 2.70. The van der Waals surface area contributed by atoms with Crippen LogP contribution in [0, 0.1) is 11.8 Å². The molecule has 174 valence electrons. The number of amides is 1. The van der Waals surface area contributed by atoms with Crippen molar-refractivity contribution in [3.8, 4) is 5.75 Å². The number of aliphatic hydroxyl groups is 3. The fourth-order valence-corrected chi connectivity index (χ4v) is 5.44. The minimum atomic E-state index is -2.73. The maximum atomic E-state index is 13.6. The first kappa shape index (κ1) is 22.5. The van der Waals surface area contributed by atoms with Crippen LogP contribution in [0.5, 0.6) is 5.75 Å². The van der Waals surface area contributed by atoms with E-state index < -0.39 is 69.8 Å². The summed E-state index contributed by atoms with van der Waals surface area (Å²) < 4.78 is 0. The number of aliphatic hydroxyl groups excluding tert-OH is 2. The molecule has 7 N–H and O–H groups in total. The molecule has 1 aromatic rings. The molecule has 11 nitrogen and oxygen atoms in total. The second-order valence-corrected chi connectivity index (χ2v) is 8.75. The fraction of sp³-hybridized carbons (Fsp3) is 0.364. The Morgan fingerprint density at radius 3 is 2.33 bits per heavy atom. The number of hydrogen-bond acceptors (Lipinski definition) is 9. The maximum Gasteiger partial charge on any atom is 0.335 e. The third kappa shape index (κ3) is 2.82. The Balaban J connectivity index is 2.00. The molecule has 1 saturated carbocycles. The molecule has 1 fully saturated rings. The number of nitrogens with two attached hydrogens (primary N) is 1. The van der Waals surface area contributed by atoms with E-state index in [-0.39, 0.29) is 35.1 Å². The second-order valence-electron chi connectivity index (χ2n) is 8.75. The van der Waals surface area contributed by atoms with E-state index in [2.05, 4.69) is 0 Å². The van der Waals surface area contributed by atoms with Crippen LogP contribution in [0.3, 0.4) is 0 Å². The molecule has 0 bridgehead atoms. The number of carboxylic acids is 1. The number of aromatic carboxylic acids is 1. The van der Waals surface area contributed by atoms with Crippen LogP contribution in [-0.4, -0.2) is 79.6 Å². The number of nitrogens with zero attached hydrogens (tertiary/aromatic N) is 1. The number of fused-ring (bicyclic) bond motifs is 3. The zero-order valence-electron chi connectivity index (χ0n) is 17.7. The number of aromatic hydroxyl groups is 1. The van der Waals surface area contributed by atoms with Crippen molar-refractivity contribution < 1.29 is 44.7 Å². The van der Waals surface area contributed by atoms with Crippen molar-refractivity contribution in [2.24, 2.45) is 17.6 Å². The smallest absolute Gasteiger partial charge is 0.335 e. The molecular weight excluding hydrogens is 436 g/mol. The van der Waals surface area contributed by atoms with E-state index >= 15 is 0 Å². The van der Waals surface area contributed by atoms with Gasteiger partial charge in [-0.25, -0.2) is 4.79 Å². The Labute approximate surface area is 187 Å². The van der Waals surface area contributed by atoms with E-state index in [0.717, 1.165) is 6.07 Å². The molecule has 0 unspecified atom stereocenters. The van der Waals surface area contributed by atoms with E-state index in [9.17, 15) is 44.7 Å². The van der Waals surface area contributed by atoms with Gasteiger partial charge < -0.3 is 31.3 Å². The molecule has 33 heavy (non-hydrogen) atoms. The van der Waals surface area contributed by atoms with Crippen molar-refractivity contribution in [1.29, 1.82) is 0 Å². The van der Waals surface area contributed by atoms with Gasteiger partial charge in [0, 0.05) is 11.5 Å². The molecule has 1 aromatic carbocycles. The number of ketones is 2. The number of Topliss-reactive ketones (excluding diaryl/α,β-unsaturated/α-hetero) is 2. The van der Waals surface area contributed by atoms with Crippen LogP contribution in [-0.2, 0) is 20.8 Å². The highest BCUT2D eigenvalue weighted by molar-refractivity contribution is 6.24. The monoisotopic (exact) mass is 458 g/mol. The molecule has 0 aliphatic heterocycles. The van der Waals surface area contributed by atoms with Gasteiger partial charge in [-0.15, -0.1) is 0 Å². The minimum Gasteiger partial charge on any atom is -0.508 e. The summed E-state index contributed by atoms with van der Waals surface area (Å²) in [6, 6.07) is 1.04. The Morgan fingerprint density at radius 1 is 1.15 bits per heavy atom. The quantitative estimate of drug-likeness (QED) is 0.326. The predicted octanol–water partition coefficient (Wildman–Crippen LogP) is -0.338. The van der Waals surface area contributed by atoms with Gasteiger partial charge in [0.25, 0.3) is 5.91 Å². The van der Waals surface area contributed by atoms with E-state index in [0.29, 0.717) is 0 Å². The van der Waals surface area contributed by atoms with Gasteiger partial charge in [0.1, 0.15) is 22.8 Å². The minimum absolute atomic E-state index is 0.0788. The number of primary amides is 1. The van der Waals surface area contributed by atoms with E-state index in [1.54, 1.807) is 0 Å². The number of hydrogen-bond donors (Lipinski definition) is 6. The summed E-state index contributed by atoms with van der Waals surface area (Å²) in [5.41, 5.74) is 0.965. The van der Waals surface area contributed by atoms with Crippen LogP contribution >= 0.6 is 0 Å². The summed E-state index contributed by atoms with van der Waals surface area (Å²) in [4.78, 5) is 51.6.